The highest BCUT2D eigenvalue weighted by Crippen LogP contribution is 2.21. The largest absolute Gasteiger partial charge is 0.396 e. The van der Waals surface area contributed by atoms with E-state index < -0.39 is 0 Å². The van der Waals surface area contributed by atoms with Gasteiger partial charge in [0, 0.05) is 12.1 Å². The summed E-state index contributed by atoms with van der Waals surface area (Å²) in [7, 11) is 0. The highest BCUT2D eigenvalue weighted by atomic mass is 35.5. The van der Waals surface area contributed by atoms with Crippen LogP contribution in [0.2, 0.25) is 5.15 Å². The van der Waals surface area contributed by atoms with Crippen LogP contribution < -0.4 is 11.1 Å². The Morgan fingerprint density at radius 3 is 3.00 bits per heavy atom. The second-order valence-corrected chi connectivity index (χ2v) is 3.44. The number of nitrogens with two attached hydrogens (primary N) is 1. The van der Waals surface area contributed by atoms with Crippen molar-refractivity contribution in [3.8, 4) is 0 Å². The van der Waals surface area contributed by atoms with E-state index in [9.17, 15) is 0 Å². The minimum atomic E-state index is 0.390. The number of rotatable bonds is 3. The number of halogens is 1. The van der Waals surface area contributed by atoms with E-state index in [0.717, 1.165) is 12.1 Å². The molecular weight excluding hydrogens is 186 g/mol. The summed E-state index contributed by atoms with van der Waals surface area (Å²) in [6.45, 7) is 4.20. The summed E-state index contributed by atoms with van der Waals surface area (Å²) in [4.78, 5) is 3.87. The summed E-state index contributed by atoms with van der Waals surface area (Å²) in [6.07, 6.45) is 2.60. The molecule has 1 atom stereocenters. The van der Waals surface area contributed by atoms with Gasteiger partial charge < -0.3 is 11.1 Å². The van der Waals surface area contributed by atoms with Crippen LogP contribution in [0.3, 0.4) is 0 Å². The number of nitrogens with one attached hydrogen (secondary N) is 1. The second-order valence-electron chi connectivity index (χ2n) is 3.05. The number of anilines is 2. The average Bonchev–Trinajstić information content (AvgIpc) is 2.11. The quantitative estimate of drug-likeness (QED) is 0.736. The van der Waals surface area contributed by atoms with Gasteiger partial charge in [-0.3, -0.25) is 0 Å². The molecule has 0 spiro atoms. The van der Waals surface area contributed by atoms with Crippen molar-refractivity contribution in [2.24, 2.45) is 0 Å². The Bertz CT molecular complexity index is 288. The van der Waals surface area contributed by atoms with Gasteiger partial charge in [0.1, 0.15) is 5.15 Å². The molecule has 0 aliphatic rings. The Morgan fingerprint density at radius 2 is 2.38 bits per heavy atom. The van der Waals surface area contributed by atoms with Crippen molar-refractivity contribution in [3.05, 3.63) is 17.4 Å². The van der Waals surface area contributed by atoms with Crippen LogP contribution in [0.25, 0.3) is 0 Å². The van der Waals surface area contributed by atoms with Crippen molar-refractivity contribution in [2.75, 3.05) is 11.1 Å². The Kier molecular flexibility index (Phi) is 3.37. The Hall–Kier alpha value is -0.960. The molecule has 1 rings (SSSR count). The van der Waals surface area contributed by atoms with Gasteiger partial charge in [-0.15, -0.1) is 0 Å². The molecule has 0 aliphatic heterocycles. The summed E-state index contributed by atoms with van der Waals surface area (Å²) in [5, 5.41) is 3.71. The van der Waals surface area contributed by atoms with Crippen molar-refractivity contribution in [1.82, 2.24) is 4.98 Å². The van der Waals surface area contributed by atoms with Crippen LogP contribution in [-0.2, 0) is 0 Å². The number of hydrogen-bond donors (Lipinski definition) is 2. The predicted molar refractivity (Wildman–Crippen MR) is 57.0 cm³/mol. The minimum absolute atomic E-state index is 0.390. The molecular formula is C9H14ClN3. The fourth-order valence-electron chi connectivity index (χ4n) is 0.933. The van der Waals surface area contributed by atoms with Crippen molar-refractivity contribution in [1.29, 1.82) is 0 Å². The van der Waals surface area contributed by atoms with E-state index >= 15 is 0 Å². The van der Waals surface area contributed by atoms with Crippen LogP contribution in [0, 0.1) is 0 Å². The monoisotopic (exact) mass is 199 g/mol. The van der Waals surface area contributed by atoms with Crippen molar-refractivity contribution >= 4 is 23.0 Å². The van der Waals surface area contributed by atoms with Crippen molar-refractivity contribution in [3.63, 3.8) is 0 Å². The molecule has 0 radical (unpaired) electrons. The van der Waals surface area contributed by atoms with Gasteiger partial charge in [0.15, 0.2) is 0 Å². The van der Waals surface area contributed by atoms with E-state index in [1.54, 1.807) is 12.3 Å². The van der Waals surface area contributed by atoms with Crippen LogP contribution in [0.1, 0.15) is 20.3 Å². The summed E-state index contributed by atoms with van der Waals surface area (Å²) >= 11 is 5.74. The summed E-state index contributed by atoms with van der Waals surface area (Å²) < 4.78 is 0. The molecule has 0 saturated carbocycles. The van der Waals surface area contributed by atoms with Crippen LogP contribution in [0.15, 0.2) is 12.3 Å². The van der Waals surface area contributed by atoms with Gasteiger partial charge in [-0.05, 0) is 13.3 Å². The molecule has 72 valence electrons. The smallest absolute Gasteiger partial charge is 0.131 e. The fourth-order valence-corrected chi connectivity index (χ4v) is 1.09. The maximum absolute atomic E-state index is 5.74. The van der Waals surface area contributed by atoms with E-state index in [0.29, 0.717) is 16.9 Å². The van der Waals surface area contributed by atoms with E-state index in [2.05, 4.69) is 24.1 Å². The number of nitrogens with zero attached hydrogens (tertiary/aromatic N) is 1. The lowest BCUT2D eigenvalue weighted by Crippen LogP contribution is -2.14. The molecule has 0 fully saturated rings. The molecule has 0 aliphatic carbocycles. The highest BCUT2D eigenvalue weighted by molar-refractivity contribution is 6.29. The lowest BCUT2D eigenvalue weighted by molar-refractivity contribution is 0.764. The van der Waals surface area contributed by atoms with Crippen molar-refractivity contribution in [2.45, 2.75) is 26.3 Å². The van der Waals surface area contributed by atoms with Gasteiger partial charge in [0.2, 0.25) is 0 Å². The fraction of sp³-hybridized carbons (Fsp3) is 0.444. The van der Waals surface area contributed by atoms with E-state index in [1.807, 2.05) is 0 Å². The Morgan fingerprint density at radius 1 is 1.69 bits per heavy atom. The van der Waals surface area contributed by atoms with E-state index in [1.165, 1.54) is 0 Å². The highest BCUT2D eigenvalue weighted by Gasteiger charge is 2.03. The van der Waals surface area contributed by atoms with E-state index in [-0.39, 0.29) is 0 Å². The van der Waals surface area contributed by atoms with Crippen LogP contribution in [-0.4, -0.2) is 11.0 Å². The third kappa shape index (κ3) is 2.77. The number of pyridine rings is 1. The predicted octanol–water partition coefficient (Wildman–Crippen LogP) is 2.53. The van der Waals surface area contributed by atoms with Crippen LogP contribution in [0.4, 0.5) is 11.4 Å². The zero-order valence-electron chi connectivity index (χ0n) is 7.84. The Labute approximate surface area is 83.3 Å². The first-order valence-corrected chi connectivity index (χ1v) is 4.68. The third-order valence-corrected chi connectivity index (χ3v) is 2.12. The molecule has 3 nitrogen and oxygen atoms in total. The van der Waals surface area contributed by atoms with Crippen molar-refractivity contribution < 1.29 is 0 Å². The molecule has 4 heteroatoms. The van der Waals surface area contributed by atoms with Gasteiger partial charge in [0.25, 0.3) is 0 Å². The third-order valence-electron chi connectivity index (χ3n) is 1.92. The standard InChI is InChI=1S/C9H14ClN3/c1-3-6(2)13-8-4-9(10)12-5-7(8)11/h4-6H,3,11H2,1-2H3,(H,12,13). The molecule has 1 aromatic rings. The number of hydrogen-bond acceptors (Lipinski definition) is 3. The Balaban J connectivity index is 2.81. The summed E-state index contributed by atoms with van der Waals surface area (Å²) in [6, 6.07) is 2.13. The first-order valence-electron chi connectivity index (χ1n) is 4.31. The average molecular weight is 200 g/mol. The van der Waals surface area contributed by atoms with Gasteiger partial charge in [-0.25, -0.2) is 4.98 Å². The topological polar surface area (TPSA) is 50.9 Å². The molecule has 0 amide bonds. The first kappa shape index (κ1) is 10.1. The zero-order valence-corrected chi connectivity index (χ0v) is 8.60. The van der Waals surface area contributed by atoms with Crippen LogP contribution in [0.5, 0.6) is 0 Å². The SMILES string of the molecule is CCC(C)Nc1cc(Cl)ncc1N. The summed E-state index contributed by atoms with van der Waals surface area (Å²) in [5.41, 5.74) is 7.19. The maximum Gasteiger partial charge on any atom is 0.131 e. The molecule has 1 heterocycles. The van der Waals surface area contributed by atoms with Crippen LogP contribution >= 0.6 is 11.6 Å². The van der Waals surface area contributed by atoms with E-state index in [4.69, 9.17) is 17.3 Å². The second kappa shape index (κ2) is 4.33. The normalized spacial score (nSPS) is 12.5. The maximum atomic E-state index is 5.74. The molecule has 1 unspecified atom stereocenters. The van der Waals surface area contributed by atoms with Gasteiger partial charge >= 0.3 is 0 Å². The molecule has 13 heavy (non-hydrogen) atoms. The first-order chi connectivity index (χ1) is 6.13. The number of aromatic nitrogens is 1. The summed E-state index contributed by atoms with van der Waals surface area (Å²) in [5.74, 6) is 0. The van der Waals surface area contributed by atoms with Gasteiger partial charge in [-0.2, -0.15) is 0 Å². The lowest BCUT2D eigenvalue weighted by Gasteiger charge is -2.14. The minimum Gasteiger partial charge on any atom is -0.396 e. The molecule has 0 aromatic carbocycles. The molecule has 3 N–H and O–H groups in total. The van der Waals surface area contributed by atoms with Gasteiger partial charge in [0.05, 0.1) is 17.6 Å². The lowest BCUT2D eigenvalue weighted by atomic mass is 10.2. The molecule has 0 bridgehead atoms. The van der Waals surface area contributed by atoms with Gasteiger partial charge in [-0.1, -0.05) is 18.5 Å². The number of nitrogen functional groups attached to an aromatic ring is 1. The zero-order chi connectivity index (χ0) is 9.84. The molecule has 0 saturated heterocycles. The molecule has 1 aromatic heterocycles.